The van der Waals surface area contributed by atoms with Crippen LogP contribution < -0.4 is 0 Å². The monoisotopic (exact) mass is 249 g/mol. The number of hydrogen-bond acceptors (Lipinski definition) is 2. The average molecular weight is 250 g/mol. The Morgan fingerprint density at radius 2 is 1.94 bits per heavy atom. The first-order chi connectivity index (χ1) is 8.16. The number of nitrogens with zero attached hydrogens (tertiary/aromatic N) is 3. The van der Waals surface area contributed by atoms with Crippen molar-refractivity contribution in [2.45, 2.75) is 26.7 Å². The zero-order valence-electron chi connectivity index (χ0n) is 10.1. The molecule has 0 N–H and O–H groups in total. The SMILES string of the molecule is CC(C)CCc1cc(Cl)ccc1-n1cnnc1. The van der Waals surface area contributed by atoms with Gasteiger partial charge >= 0.3 is 0 Å². The summed E-state index contributed by atoms with van der Waals surface area (Å²) in [4.78, 5) is 0. The van der Waals surface area contributed by atoms with Gasteiger partial charge in [0.2, 0.25) is 0 Å². The Hall–Kier alpha value is -1.35. The van der Waals surface area contributed by atoms with E-state index in [1.165, 1.54) is 5.56 Å². The quantitative estimate of drug-likeness (QED) is 0.830. The molecule has 0 aliphatic carbocycles. The second-order valence-electron chi connectivity index (χ2n) is 4.57. The van der Waals surface area contributed by atoms with Gasteiger partial charge in [-0.25, -0.2) is 0 Å². The number of aromatic nitrogens is 3. The topological polar surface area (TPSA) is 30.7 Å². The van der Waals surface area contributed by atoms with Crippen LogP contribution in [-0.2, 0) is 6.42 Å². The summed E-state index contributed by atoms with van der Waals surface area (Å²) in [5, 5.41) is 8.45. The van der Waals surface area contributed by atoms with Crippen LogP contribution in [0.3, 0.4) is 0 Å². The first-order valence-corrected chi connectivity index (χ1v) is 6.18. The van der Waals surface area contributed by atoms with Crippen LogP contribution in [0.5, 0.6) is 0 Å². The van der Waals surface area contributed by atoms with Gasteiger partial charge in [0.25, 0.3) is 0 Å². The Bertz CT molecular complexity index is 477. The summed E-state index contributed by atoms with van der Waals surface area (Å²) in [5.74, 6) is 0.683. The molecular formula is C13H16ClN3. The number of benzene rings is 1. The number of halogens is 1. The first-order valence-electron chi connectivity index (χ1n) is 5.80. The Balaban J connectivity index is 2.31. The van der Waals surface area contributed by atoms with Gasteiger partial charge in [-0.1, -0.05) is 25.4 Å². The summed E-state index contributed by atoms with van der Waals surface area (Å²) >= 11 is 6.05. The normalized spacial score (nSPS) is 11.1. The molecule has 0 bridgehead atoms. The lowest BCUT2D eigenvalue weighted by Crippen LogP contribution is -2.00. The molecule has 4 heteroatoms. The molecule has 1 aromatic heterocycles. The highest BCUT2D eigenvalue weighted by Crippen LogP contribution is 2.22. The van der Waals surface area contributed by atoms with Gasteiger partial charge in [-0.15, -0.1) is 10.2 Å². The Labute approximate surface area is 106 Å². The zero-order chi connectivity index (χ0) is 12.3. The number of rotatable bonds is 4. The van der Waals surface area contributed by atoms with Crippen LogP contribution >= 0.6 is 11.6 Å². The predicted octanol–water partition coefficient (Wildman–Crippen LogP) is 3.51. The maximum atomic E-state index is 6.05. The minimum absolute atomic E-state index is 0.683. The smallest absolute Gasteiger partial charge is 0.123 e. The average Bonchev–Trinajstić information content (AvgIpc) is 2.80. The second-order valence-corrected chi connectivity index (χ2v) is 5.01. The number of aryl methyl sites for hydroxylation is 1. The Morgan fingerprint density at radius 3 is 2.59 bits per heavy atom. The molecule has 2 aromatic rings. The summed E-state index contributed by atoms with van der Waals surface area (Å²) in [5.41, 5.74) is 2.35. The van der Waals surface area contributed by atoms with Gasteiger partial charge in [-0.3, -0.25) is 4.57 Å². The van der Waals surface area contributed by atoms with Crippen LogP contribution in [-0.4, -0.2) is 14.8 Å². The highest BCUT2D eigenvalue weighted by molar-refractivity contribution is 6.30. The van der Waals surface area contributed by atoms with E-state index in [-0.39, 0.29) is 0 Å². The standard InChI is InChI=1S/C13H16ClN3/c1-10(2)3-4-11-7-12(14)5-6-13(11)17-8-15-16-9-17/h5-10H,3-4H2,1-2H3. The van der Waals surface area contributed by atoms with Gasteiger partial charge in [0.05, 0.1) is 5.69 Å². The second kappa shape index (κ2) is 5.32. The van der Waals surface area contributed by atoms with Gasteiger partial charge < -0.3 is 0 Å². The molecule has 0 unspecified atom stereocenters. The summed E-state index contributed by atoms with van der Waals surface area (Å²) in [6.07, 6.45) is 5.59. The van der Waals surface area contributed by atoms with E-state index >= 15 is 0 Å². The van der Waals surface area contributed by atoms with E-state index < -0.39 is 0 Å². The minimum Gasteiger partial charge on any atom is -0.288 e. The van der Waals surface area contributed by atoms with Crippen LogP contribution in [0.2, 0.25) is 5.02 Å². The highest BCUT2D eigenvalue weighted by Gasteiger charge is 2.06. The van der Waals surface area contributed by atoms with Crippen LogP contribution in [0.1, 0.15) is 25.8 Å². The minimum atomic E-state index is 0.683. The highest BCUT2D eigenvalue weighted by atomic mass is 35.5. The van der Waals surface area contributed by atoms with Crippen molar-refractivity contribution in [2.75, 3.05) is 0 Å². The molecule has 0 saturated heterocycles. The van der Waals surface area contributed by atoms with Crippen molar-refractivity contribution in [2.24, 2.45) is 5.92 Å². The van der Waals surface area contributed by atoms with E-state index in [1.807, 2.05) is 22.8 Å². The summed E-state index contributed by atoms with van der Waals surface area (Å²) < 4.78 is 1.92. The van der Waals surface area contributed by atoms with Crippen molar-refractivity contribution in [3.05, 3.63) is 41.4 Å². The molecule has 2 rings (SSSR count). The molecular weight excluding hydrogens is 234 g/mol. The molecule has 0 aliphatic rings. The van der Waals surface area contributed by atoms with Crippen molar-refractivity contribution < 1.29 is 0 Å². The molecule has 1 aromatic carbocycles. The maximum Gasteiger partial charge on any atom is 0.123 e. The van der Waals surface area contributed by atoms with Crippen LogP contribution in [0.15, 0.2) is 30.9 Å². The third-order valence-electron chi connectivity index (χ3n) is 2.73. The van der Waals surface area contributed by atoms with Gasteiger partial charge in [0.15, 0.2) is 0 Å². The summed E-state index contributed by atoms with van der Waals surface area (Å²) in [6.45, 7) is 4.45. The Morgan fingerprint density at radius 1 is 1.24 bits per heavy atom. The first kappa shape index (κ1) is 12.1. The van der Waals surface area contributed by atoms with E-state index in [1.54, 1.807) is 12.7 Å². The maximum absolute atomic E-state index is 6.05. The zero-order valence-corrected chi connectivity index (χ0v) is 10.9. The summed E-state index contributed by atoms with van der Waals surface area (Å²) in [7, 11) is 0. The molecule has 0 aliphatic heterocycles. The van der Waals surface area contributed by atoms with Gasteiger partial charge in [-0.2, -0.15) is 0 Å². The van der Waals surface area contributed by atoms with E-state index in [0.717, 1.165) is 23.6 Å². The van der Waals surface area contributed by atoms with Crippen molar-refractivity contribution in [1.29, 1.82) is 0 Å². The fourth-order valence-corrected chi connectivity index (χ4v) is 1.97. The van der Waals surface area contributed by atoms with Crippen LogP contribution in [0.25, 0.3) is 5.69 Å². The van der Waals surface area contributed by atoms with E-state index in [4.69, 9.17) is 11.6 Å². The molecule has 0 atom stereocenters. The third-order valence-corrected chi connectivity index (χ3v) is 2.96. The van der Waals surface area contributed by atoms with Gasteiger partial charge in [0.1, 0.15) is 12.7 Å². The van der Waals surface area contributed by atoms with Gasteiger partial charge in [-0.05, 0) is 42.5 Å². The van der Waals surface area contributed by atoms with E-state index in [0.29, 0.717) is 5.92 Å². The van der Waals surface area contributed by atoms with Crippen molar-refractivity contribution in [3.8, 4) is 5.69 Å². The lowest BCUT2D eigenvalue weighted by Gasteiger charge is -2.11. The van der Waals surface area contributed by atoms with Crippen molar-refractivity contribution in [3.63, 3.8) is 0 Å². The van der Waals surface area contributed by atoms with Crippen LogP contribution in [0, 0.1) is 5.92 Å². The molecule has 0 fully saturated rings. The lowest BCUT2D eigenvalue weighted by atomic mass is 10.0. The molecule has 0 amide bonds. The molecule has 17 heavy (non-hydrogen) atoms. The molecule has 3 nitrogen and oxygen atoms in total. The lowest BCUT2D eigenvalue weighted by molar-refractivity contribution is 0.586. The van der Waals surface area contributed by atoms with Crippen molar-refractivity contribution >= 4 is 11.6 Å². The third kappa shape index (κ3) is 3.07. The molecule has 90 valence electrons. The Kier molecular flexibility index (Phi) is 3.79. The van der Waals surface area contributed by atoms with Crippen molar-refractivity contribution in [1.82, 2.24) is 14.8 Å². The van der Waals surface area contributed by atoms with E-state index in [9.17, 15) is 0 Å². The van der Waals surface area contributed by atoms with Gasteiger partial charge in [0, 0.05) is 5.02 Å². The largest absolute Gasteiger partial charge is 0.288 e. The predicted molar refractivity (Wildman–Crippen MR) is 69.5 cm³/mol. The molecule has 1 heterocycles. The number of hydrogen-bond donors (Lipinski definition) is 0. The molecule has 0 spiro atoms. The fraction of sp³-hybridized carbons (Fsp3) is 0.385. The van der Waals surface area contributed by atoms with E-state index in [2.05, 4.69) is 24.0 Å². The summed E-state index contributed by atoms with van der Waals surface area (Å²) in [6, 6.07) is 5.94. The van der Waals surface area contributed by atoms with Crippen LogP contribution in [0.4, 0.5) is 0 Å². The fourth-order valence-electron chi connectivity index (χ4n) is 1.78. The molecule has 0 radical (unpaired) electrons. The molecule has 0 saturated carbocycles.